The monoisotopic (exact) mass is 265 g/mol. The second kappa shape index (κ2) is 5.86. The van der Waals surface area contributed by atoms with E-state index in [4.69, 9.17) is 12.2 Å². The molecule has 0 aromatic rings. The summed E-state index contributed by atoms with van der Waals surface area (Å²) in [5.41, 5.74) is 0. The predicted molar refractivity (Wildman–Crippen MR) is 69.8 cm³/mol. The number of thiocarbonyl (C=S) groups is 1. The molecule has 1 heterocycles. The Hall–Kier alpha value is -0.0700. The van der Waals surface area contributed by atoms with Crippen molar-refractivity contribution in [2.45, 2.75) is 25.8 Å². The van der Waals surface area contributed by atoms with Crippen LogP contribution >= 0.6 is 24.0 Å². The molecule has 1 atom stereocenters. The fourth-order valence-electron chi connectivity index (χ4n) is 1.17. The molecule has 0 spiro atoms. The summed E-state index contributed by atoms with van der Waals surface area (Å²) in [6.45, 7) is 2.13. The number of rotatable bonds is 4. The van der Waals surface area contributed by atoms with Gasteiger partial charge in [-0.2, -0.15) is 0 Å². The SMILES string of the molecule is CCCCSC(=S)NC1C=CS(=O)(=O)C1. The van der Waals surface area contributed by atoms with Gasteiger partial charge in [-0.1, -0.05) is 37.3 Å². The maximum Gasteiger partial charge on any atom is 0.173 e. The van der Waals surface area contributed by atoms with E-state index in [0.717, 1.165) is 18.6 Å². The van der Waals surface area contributed by atoms with Crippen LogP contribution in [-0.2, 0) is 9.84 Å². The Labute approximate surface area is 101 Å². The summed E-state index contributed by atoms with van der Waals surface area (Å²) >= 11 is 6.68. The highest BCUT2D eigenvalue weighted by molar-refractivity contribution is 8.22. The van der Waals surface area contributed by atoms with E-state index < -0.39 is 9.84 Å². The van der Waals surface area contributed by atoms with Crippen molar-refractivity contribution in [2.75, 3.05) is 11.5 Å². The topological polar surface area (TPSA) is 46.2 Å². The van der Waals surface area contributed by atoms with Crippen LogP contribution in [0.4, 0.5) is 0 Å². The van der Waals surface area contributed by atoms with Crippen molar-refractivity contribution in [1.82, 2.24) is 5.32 Å². The molecule has 0 bridgehead atoms. The summed E-state index contributed by atoms with van der Waals surface area (Å²) in [5.74, 6) is 1.12. The molecule has 0 saturated heterocycles. The Balaban J connectivity index is 2.26. The third-order valence-electron chi connectivity index (χ3n) is 1.96. The van der Waals surface area contributed by atoms with Gasteiger partial charge in [0.25, 0.3) is 0 Å². The third-order valence-corrected chi connectivity index (χ3v) is 4.70. The van der Waals surface area contributed by atoms with Crippen LogP contribution in [0.25, 0.3) is 0 Å². The van der Waals surface area contributed by atoms with Gasteiger partial charge >= 0.3 is 0 Å². The summed E-state index contributed by atoms with van der Waals surface area (Å²) in [5, 5.41) is 4.28. The Morgan fingerprint density at radius 1 is 1.67 bits per heavy atom. The first-order valence-corrected chi connectivity index (χ1v) is 7.98. The molecule has 1 rings (SSSR count). The molecule has 1 unspecified atom stereocenters. The molecular weight excluding hydrogens is 250 g/mol. The standard InChI is InChI=1S/C9H15NO2S3/c1-2-3-5-14-9(13)10-8-4-6-15(11,12)7-8/h4,6,8H,2-3,5,7H2,1H3,(H,10,13). The van der Waals surface area contributed by atoms with E-state index in [1.165, 1.54) is 5.41 Å². The van der Waals surface area contributed by atoms with Gasteiger partial charge in [-0.05, 0) is 12.5 Å². The van der Waals surface area contributed by atoms with Crippen molar-refractivity contribution in [2.24, 2.45) is 0 Å². The molecule has 0 aromatic heterocycles. The van der Waals surface area contributed by atoms with E-state index in [9.17, 15) is 8.42 Å². The van der Waals surface area contributed by atoms with Gasteiger partial charge in [0.1, 0.15) is 4.32 Å². The van der Waals surface area contributed by atoms with Gasteiger partial charge in [-0.25, -0.2) is 8.42 Å². The third kappa shape index (κ3) is 4.99. The number of hydrogen-bond donors (Lipinski definition) is 1. The van der Waals surface area contributed by atoms with Gasteiger partial charge in [0.15, 0.2) is 9.84 Å². The van der Waals surface area contributed by atoms with E-state index in [-0.39, 0.29) is 11.8 Å². The molecule has 0 amide bonds. The van der Waals surface area contributed by atoms with E-state index in [1.807, 2.05) is 0 Å². The minimum atomic E-state index is -2.98. The van der Waals surface area contributed by atoms with Crippen molar-refractivity contribution < 1.29 is 8.42 Å². The lowest BCUT2D eigenvalue weighted by Gasteiger charge is -2.11. The summed E-state index contributed by atoms with van der Waals surface area (Å²) in [6.07, 6.45) is 3.93. The predicted octanol–water partition coefficient (Wildman–Crippen LogP) is 1.70. The fourth-order valence-corrected chi connectivity index (χ4v) is 3.66. The Kier molecular flexibility index (Phi) is 5.08. The zero-order chi connectivity index (χ0) is 11.3. The highest BCUT2D eigenvalue weighted by atomic mass is 32.2. The van der Waals surface area contributed by atoms with Crippen LogP contribution in [0.3, 0.4) is 0 Å². The lowest BCUT2D eigenvalue weighted by molar-refractivity contribution is 0.603. The average molecular weight is 265 g/mol. The molecule has 0 aliphatic carbocycles. The summed E-state index contributed by atoms with van der Waals surface area (Å²) < 4.78 is 22.9. The fraction of sp³-hybridized carbons (Fsp3) is 0.667. The molecule has 1 aliphatic rings. The van der Waals surface area contributed by atoms with Crippen LogP contribution < -0.4 is 5.32 Å². The van der Waals surface area contributed by atoms with Gasteiger partial charge in [-0.15, -0.1) is 0 Å². The zero-order valence-electron chi connectivity index (χ0n) is 8.60. The number of hydrogen-bond acceptors (Lipinski definition) is 4. The summed E-state index contributed by atoms with van der Waals surface area (Å²) in [6, 6.07) is -0.142. The van der Waals surface area contributed by atoms with Gasteiger partial charge in [0.2, 0.25) is 0 Å². The zero-order valence-corrected chi connectivity index (χ0v) is 11.1. The van der Waals surface area contributed by atoms with Crippen molar-refractivity contribution >= 4 is 38.1 Å². The minimum absolute atomic E-state index is 0.126. The molecular formula is C9H15NO2S3. The van der Waals surface area contributed by atoms with Gasteiger partial charge in [-0.3, -0.25) is 0 Å². The smallest absolute Gasteiger partial charge is 0.173 e. The molecule has 0 fully saturated rings. The molecule has 0 saturated carbocycles. The Morgan fingerprint density at radius 2 is 2.40 bits per heavy atom. The largest absolute Gasteiger partial charge is 0.364 e. The number of unbranched alkanes of at least 4 members (excludes halogenated alkanes) is 1. The molecule has 3 nitrogen and oxygen atoms in total. The maximum atomic E-state index is 11.1. The second-order valence-electron chi connectivity index (χ2n) is 3.40. The van der Waals surface area contributed by atoms with Crippen molar-refractivity contribution in [3.05, 3.63) is 11.5 Å². The lowest BCUT2D eigenvalue weighted by Crippen LogP contribution is -2.32. The number of thioether (sulfide) groups is 1. The van der Waals surface area contributed by atoms with Crippen LogP contribution in [0.1, 0.15) is 19.8 Å². The number of nitrogens with one attached hydrogen (secondary N) is 1. The number of sulfone groups is 1. The summed E-state index contributed by atoms with van der Waals surface area (Å²) in [7, 11) is -2.98. The van der Waals surface area contributed by atoms with Crippen LogP contribution in [-0.4, -0.2) is 30.3 Å². The molecule has 86 valence electrons. The van der Waals surface area contributed by atoms with E-state index in [1.54, 1.807) is 17.8 Å². The molecule has 1 aliphatic heterocycles. The molecule has 6 heteroatoms. The van der Waals surface area contributed by atoms with Gasteiger partial charge in [0.05, 0.1) is 11.8 Å². The van der Waals surface area contributed by atoms with E-state index >= 15 is 0 Å². The van der Waals surface area contributed by atoms with Crippen molar-refractivity contribution in [3.8, 4) is 0 Å². The highest BCUT2D eigenvalue weighted by Crippen LogP contribution is 2.11. The molecule has 1 N–H and O–H groups in total. The Bertz CT molecular complexity index is 348. The first kappa shape index (κ1) is 13.0. The van der Waals surface area contributed by atoms with Gasteiger partial charge < -0.3 is 5.32 Å². The maximum absolute atomic E-state index is 11.1. The normalized spacial score (nSPS) is 22.9. The van der Waals surface area contributed by atoms with Crippen molar-refractivity contribution in [1.29, 1.82) is 0 Å². The van der Waals surface area contributed by atoms with Crippen LogP contribution in [0.5, 0.6) is 0 Å². The first-order chi connectivity index (χ1) is 7.03. The minimum Gasteiger partial charge on any atom is -0.364 e. The quantitative estimate of drug-likeness (QED) is 0.619. The first-order valence-electron chi connectivity index (χ1n) is 4.88. The summed E-state index contributed by atoms with van der Waals surface area (Å²) in [4.78, 5) is 0. The molecule has 15 heavy (non-hydrogen) atoms. The lowest BCUT2D eigenvalue weighted by atomic mass is 10.3. The molecule has 0 aromatic carbocycles. The van der Waals surface area contributed by atoms with Crippen LogP contribution in [0.2, 0.25) is 0 Å². The second-order valence-corrected chi connectivity index (χ2v) is 7.10. The van der Waals surface area contributed by atoms with Crippen LogP contribution in [0.15, 0.2) is 11.5 Å². The van der Waals surface area contributed by atoms with Crippen molar-refractivity contribution in [3.63, 3.8) is 0 Å². The van der Waals surface area contributed by atoms with Crippen LogP contribution in [0, 0.1) is 0 Å². The molecule has 0 radical (unpaired) electrons. The Morgan fingerprint density at radius 3 is 2.93 bits per heavy atom. The van der Waals surface area contributed by atoms with Gasteiger partial charge in [0, 0.05) is 11.2 Å². The highest BCUT2D eigenvalue weighted by Gasteiger charge is 2.21. The average Bonchev–Trinajstić information content (AvgIpc) is 2.46. The van der Waals surface area contributed by atoms with E-state index in [2.05, 4.69) is 12.2 Å². The van der Waals surface area contributed by atoms with E-state index in [0.29, 0.717) is 4.32 Å².